The van der Waals surface area contributed by atoms with E-state index in [9.17, 15) is 9.59 Å². The summed E-state index contributed by atoms with van der Waals surface area (Å²) in [6.07, 6.45) is 1.85. The van der Waals surface area contributed by atoms with E-state index < -0.39 is 5.97 Å². The molecule has 20 heavy (non-hydrogen) atoms. The largest absolute Gasteiger partial charge is 0.480 e. The first kappa shape index (κ1) is 16.3. The molecular weight excluding hydrogens is 274 g/mol. The predicted octanol–water partition coefficient (Wildman–Crippen LogP) is 2.58. The summed E-state index contributed by atoms with van der Waals surface area (Å²) in [7, 11) is 0. The van der Waals surface area contributed by atoms with Gasteiger partial charge in [0.25, 0.3) is 0 Å². The van der Waals surface area contributed by atoms with Gasteiger partial charge in [0.2, 0.25) is 5.91 Å². The van der Waals surface area contributed by atoms with Crippen molar-refractivity contribution in [3.8, 4) is 0 Å². The third-order valence-corrected chi connectivity index (χ3v) is 3.65. The first-order valence-corrected chi connectivity index (χ1v) is 7.31. The Labute approximate surface area is 123 Å². The molecule has 0 radical (unpaired) electrons. The van der Waals surface area contributed by atoms with E-state index in [1.165, 1.54) is 16.5 Å². The molecule has 0 saturated carbocycles. The molecule has 1 aromatic rings. The fourth-order valence-electron chi connectivity index (χ4n) is 1.62. The zero-order chi connectivity index (χ0) is 15.0. The van der Waals surface area contributed by atoms with Crippen LogP contribution in [0.15, 0.2) is 41.8 Å². The number of nitrogens with zero attached hydrogens (tertiary/aromatic N) is 1. The molecule has 0 unspecified atom stereocenters. The Morgan fingerprint density at radius 2 is 2.00 bits per heavy atom. The molecule has 0 aliphatic heterocycles. The van der Waals surface area contributed by atoms with Gasteiger partial charge in [-0.1, -0.05) is 23.8 Å². The zero-order valence-corrected chi connectivity index (χ0v) is 12.4. The van der Waals surface area contributed by atoms with E-state index in [0.717, 1.165) is 4.90 Å². The Balaban J connectivity index is 2.42. The first-order valence-electron chi connectivity index (χ1n) is 6.33. The van der Waals surface area contributed by atoms with E-state index in [2.05, 4.69) is 6.58 Å². The second-order valence-corrected chi connectivity index (χ2v) is 5.54. The maximum Gasteiger partial charge on any atom is 0.323 e. The van der Waals surface area contributed by atoms with Gasteiger partial charge in [0.15, 0.2) is 0 Å². The minimum absolute atomic E-state index is 0.160. The SMILES string of the molecule is C=CCN(CC(=O)O)C(=O)CCSc1ccc(C)cc1. The fraction of sp³-hybridized carbons (Fsp3) is 0.333. The van der Waals surface area contributed by atoms with Crippen LogP contribution in [0.2, 0.25) is 0 Å². The Bertz CT molecular complexity index is 471. The fourth-order valence-corrected chi connectivity index (χ4v) is 2.46. The number of benzene rings is 1. The van der Waals surface area contributed by atoms with Crippen LogP contribution in [0.4, 0.5) is 0 Å². The quantitative estimate of drug-likeness (QED) is 0.591. The van der Waals surface area contributed by atoms with Gasteiger partial charge >= 0.3 is 5.97 Å². The third kappa shape index (κ3) is 5.93. The lowest BCUT2D eigenvalue weighted by Gasteiger charge is -2.18. The number of carbonyl (C=O) groups excluding carboxylic acids is 1. The zero-order valence-electron chi connectivity index (χ0n) is 11.5. The van der Waals surface area contributed by atoms with Gasteiger partial charge in [0.1, 0.15) is 6.54 Å². The van der Waals surface area contributed by atoms with Gasteiger partial charge in [-0.3, -0.25) is 9.59 Å². The monoisotopic (exact) mass is 293 g/mol. The van der Waals surface area contributed by atoms with E-state index in [1.54, 1.807) is 11.8 Å². The molecular formula is C15H19NO3S. The Morgan fingerprint density at radius 1 is 1.35 bits per heavy atom. The minimum atomic E-state index is -1.01. The van der Waals surface area contributed by atoms with Gasteiger partial charge in [-0.05, 0) is 19.1 Å². The van der Waals surface area contributed by atoms with E-state index in [4.69, 9.17) is 5.11 Å². The summed E-state index contributed by atoms with van der Waals surface area (Å²) in [4.78, 5) is 25.0. The topological polar surface area (TPSA) is 57.6 Å². The smallest absolute Gasteiger partial charge is 0.323 e. The molecule has 1 aromatic carbocycles. The molecule has 108 valence electrons. The summed E-state index contributed by atoms with van der Waals surface area (Å²) < 4.78 is 0. The number of amides is 1. The van der Waals surface area contributed by atoms with Crippen LogP contribution in [0, 0.1) is 6.92 Å². The molecule has 0 atom stereocenters. The number of aliphatic carboxylic acids is 1. The standard InChI is InChI=1S/C15H19NO3S/c1-3-9-16(11-15(18)19)14(17)8-10-20-13-6-4-12(2)5-7-13/h3-7H,1,8-11H2,2H3,(H,18,19). The Kier molecular flexibility index (Phi) is 6.87. The maximum absolute atomic E-state index is 11.9. The molecule has 0 aliphatic rings. The summed E-state index contributed by atoms with van der Waals surface area (Å²) in [5, 5.41) is 8.76. The van der Waals surface area contributed by atoms with Crippen LogP contribution in [-0.4, -0.2) is 40.7 Å². The number of carboxylic acid groups (broad SMARTS) is 1. The van der Waals surface area contributed by atoms with Crippen LogP contribution in [0.3, 0.4) is 0 Å². The molecule has 0 aliphatic carbocycles. The van der Waals surface area contributed by atoms with Crippen molar-refractivity contribution in [3.05, 3.63) is 42.5 Å². The molecule has 1 N–H and O–H groups in total. The van der Waals surface area contributed by atoms with Crippen LogP contribution < -0.4 is 0 Å². The molecule has 1 rings (SSSR count). The van der Waals surface area contributed by atoms with E-state index in [-0.39, 0.29) is 19.0 Å². The molecule has 4 nitrogen and oxygen atoms in total. The van der Waals surface area contributed by atoms with Crippen LogP contribution in [0.5, 0.6) is 0 Å². The van der Waals surface area contributed by atoms with Crippen LogP contribution in [0.25, 0.3) is 0 Å². The highest BCUT2D eigenvalue weighted by Crippen LogP contribution is 2.19. The molecule has 5 heteroatoms. The number of carboxylic acids is 1. The number of hydrogen-bond donors (Lipinski definition) is 1. The number of aryl methyl sites for hydroxylation is 1. The molecule has 1 amide bonds. The molecule has 0 aromatic heterocycles. The van der Waals surface area contributed by atoms with Crippen molar-refractivity contribution < 1.29 is 14.7 Å². The van der Waals surface area contributed by atoms with Crippen LogP contribution >= 0.6 is 11.8 Å². The van der Waals surface area contributed by atoms with Gasteiger partial charge < -0.3 is 10.0 Å². The summed E-state index contributed by atoms with van der Waals surface area (Å²) in [5.74, 6) is -0.534. The van der Waals surface area contributed by atoms with Crippen molar-refractivity contribution in [1.82, 2.24) is 4.90 Å². The van der Waals surface area contributed by atoms with E-state index in [1.807, 2.05) is 31.2 Å². The van der Waals surface area contributed by atoms with Gasteiger partial charge in [0.05, 0.1) is 0 Å². The lowest BCUT2D eigenvalue weighted by Crippen LogP contribution is -2.35. The third-order valence-electron chi connectivity index (χ3n) is 2.63. The van der Waals surface area contributed by atoms with Crippen molar-refractivity contribution in [3.63, 3.8) is 0 Å². The predicted molar refractivity (Wildman–Crippen MR) is 80.9 cm³/mol. The number of carbonyl (C=O) groups is 2. The van der Waals surface area contributed by atoms with Crippen LogP contribution in [0.1, 0.15) is 12.0 Å². The van der Waals surface area contributed by atoms with Crippen molar-refractivity contribution in [2.24, 2.45) is 0 Å². The maximum atomic E-state index is 11.9. The number of hydrogen-bond acceptors (Lipinski definition) is 3. The average Bonchev–Trinajstić information content (AvgIpc) is 2.40. The van der Waals surface area contributed by atoms with Gasteiger partial charge in [0, 0.05) is 23.6 Å². The number of thioether (sulfide) groups is 1. The second kappa shape index (κ2) is 8.43. The van der Waals surface area contributed by atoms with Crippen molar-refractivity contribution in [2.75, 3.05) is 18.8 Å². The molecule has 0 heterocycles. The van der Waals surface area contributed by atoms with E-state index in [0.29, 0.717) is 12.2 Å². The second-order valence-electron chi connectivity index (χ2n) is 4.37. The Hall–Kier alpha value is -1.75. The molecule has 0 spiro atoms. The van der Waals surface area contributed by atoms with Gasteiger partial charge in [-0.2, -0.15) is 0 Å². The lowest BCUT2D eigenvalue weighted by atomic mass is 10.2. The highest BCUT2D eigenvalue weighted by molar-refractivity contribution is 7.99. The number of rotatable bonds is 8. The van der Waals surface area contributed by atoms with E-state index >= 15 is 0 Å². The summed E-state index contributed by atoms with van der Waals surface area (Å²) in [5.41, 5.74) is 1.20. The van der Waals surface area contributed by atoms with Gasteiger partial charge in [-0.25, -0.2) is 0 Å². The molecule has 0 fully saturated rings. The van der Waals surface area contributed by atoms with Crippen molar-refractivity contribution in [1.29, 1.82) is 0 Å². The highest BCUT2D eigenvalue weighted by Gasteiger charge is 2.14. The van der Waals surface area contributed by atoms with Crippen molar-refractivity contribution in [2.45, 2.75) is 18.2 Å². The highest BCUT2D eigenvalue weighted by atomic mass is 32.2. The molecule has 0 bridgehead atoms. The van der Waals surface area contributed by atoms with Crippen LogP contribution in [-0.2, 0) is 9.59 Å². The lowest BCUT2D eigenvalue weighted by molar-refractivity contribution is -0.143. The average molecular weight is 293 g/mol. The summed E-state index contributed by atoms with van der Waals surface area (Å²) in [6, 6.07) is 8.09. The first-order chi connectivity index (χ1) is 9.52. The Morgan fingerprint density at radius 3 is 2.55 bits per heavy atom. The van der Waals surface area contributed by atoms with Crippen molar-refractivity contribution >= 4 is 23.6 Å². The summed E-state index contributed by atoms with van der Waals surface area (Å²) >= 11 is 1.59. The normalized spacial score (nSPS) is 10.1. The summed E-state index contributed by atoms with van der Waals surface area (Å²) in [6.45, 7) is 5.55. The minimum Gasteiger partial charge on any atom is -0.480 e. The molecule has 0 saturated heterocycles. The van der Waals surface area contributed by atoms with Gasteiger partial charge in [-0.15, -0.1) is 18.3 Å².